The number of hydrogen-bond acceptors (Lipinski definition) is 4. The Morgan fingerprint density at radius 2 is 1.81 bits per heavy atom. The first-order valence-corrected chi connectivity index (χ1v) is 10.7. The number of pyridine rings is 1. The topological polar surface area (TPSA) is 60.5 Å². The Morgan fingerprint density at radius 1 is 1.03 bits per heavy atom. The van der Waals surface area contributed by atoms with Gasteiger partial charge in [0, 0.05) is 16.8 Å². The van der Waals surface area contributed by atoms with Crippen molar-refractivity contribution in [2.75, 3.05) is 6.61 Å². The van der Waals surface area contributed by atoms with Crippen LogP contribution in [0.25, 0.3) is 0 Å². The number of ether oxygens (including phenoxy) is 2. The van der Waals surface area contributed by atoms with E-state index in [0.29, 0.717) is 35.3 Å². The van der Waals surface area contributed by atoms with Crippen LogP contribution in [0.5, 0.6) is 11.5 Å². The molecule has 0 aliphatic heterocycles. The van der Waals surface area contributed by atoms with E-state index < -0.39 is 0 Å². The van der Waals surface area contributed by atoms with Gasteiger partial charge in [0.05, 0.1) is 18.3 Å². The molecule has 162 valence electrons. The number of halogens is 1. The maximum absolute atomic E-state index is 13.0. The van der Waals surface area contributed by atoms with Crippen molar-refractivity contribution in [3.63, 3.8) is 0 Å². The molecule has 0 unspecified atom stereocenters. The van der Waals surface area contributed by atoms with Gasteiger partial charge < -0.3 is 14.8 Å². The number of aromatic nitrogens is 1. The second-order valence-electron chi connectivity index (χ2n) is 7.45. The molecule has 0 aliphatic carbocycles. The Labute approximate surface area is 188 Å². The van der Waals surface area contributed by atoms with Crippen molar-refractivity contribution in [1.82, 2.24) is 10.3 Å². The highest BCUT2D eigenvalue weighted by Gasteiger charge is 2.20. The predicted molar refractivity (Wildman–Crippen MR) is 123 cm³/mol. The van der Waals surface area contributed by atoms with Crippen LogP contribution in [0.4, 0.5) is 0 Å². The largest absolute Gasteiger partial charge is 0.490 e. The van der Waals surface area contributed by atoms with E-state index in [2.05, 4.69) is 24.1 Å². The van der Waals surface area contributed by atoms with Crippen LogP contribution in [-0.4, -0.2) is 17.5 Å². The lowest BCUT2D eigenvalue weighted by Crippen LogP contribution is -2.31. The number of rotatable bonds is 9. The summed E-state index contributed by atoms with van der Waals surface area (Å²) in [5.74, 6) is 1.13. The second kappa shape index (κ2) is 10.8. The maximum Gasteiger partial charge on any atom is 0.251 e. The summed E-state index contributed by atoms with van der Waals surface area (Å²) < 4.78 is 11.6. The highest BCUT2D eigenvalue weighted by Crippen LogP contribution is 2.30. The van der Waals surface area contributed by atoms with Crippen LogP contribution in [0.3, 0.4) is 0 Å². The lowest BCUT2D eigenvalue weighted by Gasteiger charge is -2.23. The Kier molecular flexibility index (Phi) is 7.90. The zero-order chi connectivity index (χ0) is 22.2. The van der Waals surface area contributed by atoms with Crippen molar-refractivity contribution in [3.8, 4) is 11.5 Å². The molecule has 2 aromatic carbocycles. The summed E-state index contributed by atoms with van der Waals surface area (Å²) in [4.78, 5) is 17.3. The first-order valence-electron chi connectivity index (χ1n) is 10.3. The second-order valence-corrected chi connectivity index (χ2v) is 7.89. The molecule has 1 amide bonds. The van der Waals surface area contributed by atoms with Crippen LogP contribution in [0.1, 0.15) is 48.4 Å². The van der Waals surface area contributed by atoms with Gasteiger partial charge >= 0.3 is 0 Å². The van der Waals surface area contributed by atoms with Crippen LogP contribution < -0.4 is 14.8 Å². The summed E-state index contributed by atoms with van der Waals surface area (Å²) in [6.45, 7) is 6.81. The molecule has 6 heteroatoms. The number of carbonyl (C=O) groups is 1. The molecule has 0 aliphatic rings. The van der Waals surface area contributed by atoms with E-state index >= 15 is 0 Å². The molecule has 31 heavy (non-hydrogen) atoms. The van der Waals surface area contributed by atoms with E-state index in [-0.39, 0.29) is 17.9 Å². The Morgan fingerprint density at radius 3 is 2.45 bits per heavy atom. The molecule has 0 fully saturated rings. The maximum atomic E-state index is 13.0. The predicted octanol–water partition coefficient (Wildman–Crippen LogP) is 5.84. The highest BCUT2D eigenvalue weighted by atomic mass is 35.5. The summed E-state index contributed by atoms with van der Waals surface area (Å²) in [7, 11) is 0. The van der Waals surface area contributed by atoms with Crippen molar-refractivity contribution in [3.05, 3.63) is 88.7 Å². The van der Waals surface area contributed by atoms with E-state index in [9.17, 15) is 4.79 Å². The Balaban J connectivity index is 1.76. The highest BCUT2D eigenvalue weighted by molar-refractivity contribution is 6.30. The molecule has 3 aromatic rings. The summed E-state index contributed by atoms with van der Waals surface area (Å²) in [5.41, 5.74) is 2.33. The van der Waals surface area contributed by atoms with Gasteiger partial charge in [0.1, 0.15) is 6.61 Å². The van der Waals surface area contributed by atoms with E-state index in [1.54, 1.807) is 24.4 Å². The summed E-state index contributed by atoms with van der Waals surface area (Å²) in [6, 6.07) is 18.3. The van der Waals surface area contributed by atoms with Gasteiger partial charge in [-0.25, -0.2) is 0 Å². The zero-order valence-corrected chi connectivity index (χ0v) is 18.7. The zero-order valence-electron chi connectivity index (χ0n) is 18.0. The summed E-state index contributed by atoms with van der Waals surface area (Å²) in [6.07, 6.45) is 1.72. The number of nitrogens with zero attached hydrogens (tertiary/aromatic N) is 1. The van der Waals surface area contributed by atoms with Crippen molar-refractivity contribution >= 4 is 17.5 Å². The quantitative estimate of drug-likeness (QED) is 0.456. The average molecular weight is 439 g/mol. The van der Waals surface area contributed by atoms with Crippen LogP contribution >= 0.6 is 11.6 Å². The van der Waals surface area contributed by atoms with Gasteiger partial charge in [-0.1, -0.05) is 43.6 Å². The molecule has 1 atom stereocenters. The molecular weight excluding hydrogens is 412 g/mol. The standard InChI is InChI=1S/C25H27ClN2O3/c1-4-30-23-15-19(10-13-22(23)31-16-21-7-5-6-14-27-21)25(29)28-24(17(2)3)18-8-11-20(26)12-9-18/h5-15,17,24H,4,16H2,1-3H3,(H,28,29)/t24-/m1/s1. The van der Waals surface area contributed by atoms with E-state index in [4.69, 9.17) is 21.1 Å². The summed E-state index contributed by atoms with van der Waals surface area (Å²) in [5, 5.41) is 3.79. The van der Waals surface area contributed by atoms with Crippen molar-refractivity contribution < 1.29 is 14.3 Å². The first-order chi connectivity index (χ1) is 15.0. The smallest absolute Gasteiger partial charge is 0.251 e. The van der Waals surface area contributed by atoms with Crippen molar-refractivity contribution in [1.29, 1.82) is 0 Å². The fraction of sp³-hybridized carbons (Fsp3) is 0.280. The Bertz CT molecular complexity index is 991. The van der Waals surface area contributed by atoms with Gasteiger partial charge in [0.15, 0.2) is 11.5 Å². The average Bonchev–Trinajstić information content (AvgIpc) is 2.78. The molecule has 3 rings (SSSR count). The number of amides is 1. The van der Waals surface area contributed by atoms with E-state index in [1.807, 2.05) is 49.4 Å². The van der Waals surface area contributed by atoms with Crippen LogP contribution in [0, 0.1) is 5.92 Å². The van der Waals surface area contributed by atoms with Gasteiger partial charge in [-0.05, 0) is 60.9 Å². The van der Waals surface area contributed by atoms with Gasteiger partial charge in [-0.15, -0.1) is 0 Å². The fourth-order valence-electron chi connectivity index (χ4n) is 3.20. The Hall–Kier alpha value is -3.05. The number of carbonyl (C=O) groups excluding carboxylic acids is 1. The molecule has 1 N–H and O–H groups in total. The first kappa shape index (κ1) is 22.6. The molecule has 5 nitrogen and oxygen atoms in total. The molecule has 0 radical (unpaired) electrons. The third-order valence-electron chi connectivity index (χ3n) is 4.79. The fourth-order valence-corrected chi connectivity index (χ4v) is 3.33. The van der Waals surface area contributed by atoms with Crippen LogP contribution in [0.2, 0.25) is 5.02 Å². The minimum atomic E-state index is -0.175. The molecule has 1 heterocycles. The van der Waals surface area contributed by atoms with Gasteiger partial charge in [-0.2, -0.15) is 0 Å². The lowest BCUT2D eigenvalue weighted by atomic mass is 9.95. The van der Waals surface area contributed by atoms with Gasteiger partial charge in [0.2, 0.25) is 0 Å². The molecule has 1 aromatic heterocycles. The summed E-state index contributed by atoms with van der Waals surface area (Å²) >= 11 is 6.01. The normalized spacial score (nSPS) is 11.8. The SMILES string of the molecule is CCOc1cc(C(=O)N[C@@H](c2ccc(Cl)cc2)C(C)C)ccc1OCc1ccccn1. The third kappa shape index (κ3) is 6.22. The molecule has 0 spiro atoms. The minimum Gasteiger partial charge on any atom is -0.490 e. The van der Waals surface area contributed by atoms with Gasteiger partial charge in [-0.3, -0.25) is 9.78 Å². The van der Waals surface area contributed by atoms with Crippen molar-refractivity contribution in [2.45, 2.75) is 33.4 Å². The van der Waals surface area contributed by atoms with Crippen molar-refractivity contribution in [2.24, 2.45) is 5.92 Å². The molecular formula is C25H27ClN2O3. The van der Waals surface area contributed by atoms with Crippen LogP contribution in [0.15, 0.2) is 66.9 Å². The number of nitrogens with one attached hydrogen (secondary N) is 1. The number of hydrogen-bond donors (Lipinski definition) is 1. The molecule has 0 bridgehead atoms. The lowest BCUT2D eigenvalue weighted by molar-refractivity contribution is 0.0925. The minimum absolute atomic E-state index is 0.139. The number of benzene rings is 2. The molecule has 0 saturated heterocycles. The van der Waals surface area contributed by atoms with Gasteiger partial charge in [0.25, 0.3) is 5.91 Å². The van der Waals surface area contributed by atoms with Crippen LogP contribution in [-0.2, 0) is 6.61 Å². The van der Waals surface area contributed by atoms with E-state index in [0.717, 1.165) is 11.3 Å². The third-order valence-corrected chi connectivity index (χ3v) is 5.04. The van der Waals surface area contributed by atoms with E-state index in [1.165, 1.54) is 0 Å². The monoisotopic (exact) mass is 438 g/mol. The molecule has 0 saturated carbocycles.